The molecule has 164 valence electrons. The van der Waals surface area contributed by atoms with E-state index in [1.54, 1.807) is 25.2 Å². The molecular formula is C22H29BrN2O5. The molecule has 1 N–H and O–H groups in total. The Morgan fingerprint density at radius 3 is 2.87 bits per heavy atom. The lowest BCUT2D eigenvalue weighted by Gasteiger charge is -2.44. The summed E-state index contributed by atoms with van der Waals surface area (Å²) in [5.74, 6) is 0.601. The van der Waals surface area contributed by atoms with Crippen LogP contribution < -0.4 is 10.1 Å². The van der Waals surface area contributed by atoms with E-state index in [2.05, 4.69) is 21.2 Å². The minimum Gasteiger partial charge on any atom is -0.496 e. The summed E-state index contributed by atoms with van der Waals surface area (Å²) in [7, 11) is 3.24. The predicted octanol–water partition coefficient (Wildman–Crippen LogP) is 3.12. The summed E-state index contributed by atoms with van der Waals surface area (Å²) in [4.78, 5) is 27.3. The van der Waals surface area contributed by atoms with E-state index in [9.17, 15) is 9.59 Å². The maximum absolute atomic E-state index is 13.2. The molecular weight excluding hydrogens is 452 g/mol. The van der Waals surface area contributed by atoms with Crippen molar-refractivity contribution in [3.05, 3.63) is 34.0 Å². The Hall–Kier alpha value is -2.06. The van der Waals surface area contributed by atoms with Crippen LogP contribution in [0.3, 0.4) is 0 Å². The van der Waals surface area contributed by atoms with Gasteiger partial charge in [0.05, 0.1) is 17.6 Å². The Bertz CT molecular complexity index is 798. The number of hydrogen-bond donors (Lipinski definition) is 1. The first kappa shape index (κ1) is 22.6. The number of morpholine rings is 1. The molecule has 2 unspecified atom stereocenters. The first-order valence-electron chi connectivity index (χ1n) is 10.3. The summed E-state index contributed by atoms with van der Waals surface area (Å²) >= 11 is 3.47. The van der Waals surface area contributed by atoms with Gasteiger partial charge in [0.15, 0.2) is 5.76 Å². The number of nitrogens with one attached hydrogen (secondary N) is 1. The molecule has 1 aromatic rings. The summed E-state index contributed by atoms with van der Waals surface area (Å²) < 4.78 is 17.2. The zero-order chi connectivity index (χ0) is 21.5. The normalized spacial score (nSPS) is 22.4. The maximum atomic E-state index is 13.2. The third-order valence-electron chi connectivity index (χ3n) is 5.45. The van der Waals surface area contributed by atoms with E-state index in [1.807, 2.05) is 18.2 Å². The lowest BCUT2D eigenvalue weighted by atomic mass is 9.89. The van der Waals surface area contributed by atoms with Crippen LogP contribution in [-0.4, -0.2) is 62.8 Å². The molecule has 2 fully saturated rings. The lowest BCUT2D eigenvalue weighted by molar-refractivity contribution is -0.151. The van der Waals surface area contributed by atoms with Crippen molar-refractivity contribution >= 4 is 33.8 Å². The second kappa shape index (κ2) is 10.8. The molecule has 1 heterocycles. The lowest BCUT2D eigenvalue weighted by Crippen LogP contribution is -2.57. The molecule has 7 nitrogen and oxygen atoms in total. The monoisotopic (exact) mass is 480 g/mol. The molecule has 30 heavy (non-hydrogen) atoms. The van der Waals surface area contributed by atoms with Gasteiger partial charge in [-0.05, 0) is 65.4 Å². The number of benzene rings is 1. The van der Waals surface area contributed by atoms with Crippen molar-refractivity contribution in [2.24, 2.45) is 0 Å². The van der Waals surface area contributed by atoms with E-state index in [4.69, 9.17) is 14.2 Å². The highest BCUT2D eigenvalue weighted by Gasteiger charge is 2.42. The van der Waals surface area contributed by atoms with Crippen LogP contribution in [0.4, 0.5) is 0 Å². The van der Waals surface area contributed by atoms with E-state index < -0.39 is 0 Å². The Balaban J connectivity index is 1.76. The zero-order valence-corrected chi connectivity index (χ0v) is 19.1. The Labute approximate surface area is 185 Å². The molecule has 1 aromatic carbocycles. The molecule has 2 amide bonds. The number of fused-ring (bicyclic) bond motifs is 1. The molecule has 0 aromatic heterocycles. The molecule has 0 bridgehead atoms. The van der Waals surface area contributed by atoms with Gasteiger partial charge >= 0.3 is 0 Å². The van der Waals surface area contributed by atoms with E-state index in [0.717, 1.165) is 42.1 Å². The maximum Gasteiger partial charge on any atom is 0.289 e. The number of carbonyl (C=O) groups is 2. The van der Waals surface area contributed by atoms with Gasteiger partial charge in [0.2, 0.25) is 5.91 Å². The standard InChI is InChI=1S/C22H29BrN2O5/c1-28-11-5-10-24-21(26)14-25-17-6-3-4-7-19(17)30-20(22(25)27)13-15-8-9-18(29-2)16(23)12-15/h8-9,12-13,17,19H,3-7,10-11,14H2,1-2H3,(H,24,26)/b20-13+. The summed E-state index contributed by atoms with van der Waals surface area (Å²) in [6.45, 7) is 1.16. The first-order valence-corrected chi connectivity index (χ1v) is 11.1. The van der Waals surface area contributed by atoms with Gasteiger partial charge in [-0.2, -0.15) is 0 Å². The number of ether oxygens (including phenoxy) is 3. The van der Waals surface area contributed by atoms with E-state index in [0.29, 0.717) is 18.9 Å². The van der Waals surface area contributed by atoms with Crippen molar-refractivity contribution in [2.45, 2.75) is 44.2 Å². The molecule has 2 aliphatic rings. The summed E-state index contributed by atoms with van der Waals surface area (Å²) in [6, 6.07) is 5.52. The van der Waals surface area contributed by atoms with Gasteiger partial charge in [0.25, 0.3) is 5.91 Å². The quantitative estimate of drug-likeness (QED) is 0.456. The van der Waals surface area contributed by atoms with Crippen LogP contribution in [0, 0.1) is 0 Å². The largest absolute Gasteiger partial charge is 0.496 e. The number of methoxy groups -OCH3 is 2. The zero-order valence-electron chi connectivity index (χ0n) is 17.5. The fraction of sp³-hybridized carbons (Fsp3) is 0.545. The van der Waals surface area contributed by atoms with Crippen molar-refractivity contribution in [2.75, 3.05) is 33.9 Å². The summed E-state index contributed by atoms with van der Waals surface area (Å²) in [5, 5.41) is 2.87. The highest BCUT2D eigenvalue weighted by molar-refractivity contribution is 9.10. The van der Waals surface area contributed by atoms with Gasteiger partial charge in [-0.1, -0.05) is 12.5 Å². The van der Waals surface area contributed by atoms with Crippen molar-refractivity contribution < 1.29 is 23.8 Å². The average Bonchev–Trinajstić information content (AvgIpc) is 2.74. The summed E-state index contributed by atoms with van der Waals surface area (Å²) in [5.41, 5.74) is 0.823. The molecule has 1 saturated heterocycles. The van der Waals surface area contributed by atoms with Crippen molar-refractivity contribution in [1.29, 1.82) is 0 Å². The van der Waals surface area contributed by atoms with Crippen LogP contribution in [0.15, 0.2) is 28.4 Å². The van der Waals surface area contributed by atoms with Crippen molar-refractivity contribution in [3.8, 4) is 5.75 Å². The summed E-state index contributed by atoms with van der Waals surface area (Å²) in [6.07, 6.45) is 6.24. The third kappa shape index (κ3) is 5.55. The second-order valence-electron chi connectivity index (χ2n) is 7.54. The highest BCUT2D eigenvalue weighted by atomic mass is 79.9. The van der Waals surface area contributed by atoms with E-state index >= 15 is 0 Å². The SMILES string of the molecule is COCCCNC(=O)CN1C(=O)/C(=C\c2ccc(OC)c(Br)c2)OC2CCCCC21. The Morgan fingerprint density at radius 1 is 1.33 bits per heavy atom. The topological polar surface area (TPSA) is 77.1 Å². The smallest absolute Gasteiger partial charge is 0.289 e. The van der Waals surface area contributed by atoms with Crippen molar-refractivity contribution in [1.82, 2.24) is 10.2 Å². The Morgan fingerprint density at radius 2 is 2.13 bits per heavy atom. The molecule has 2 atom stereocenters. The van der Waals surface area contributed by atoms with Gasteiger partial charge in [-0.15, -0.1) is 0 Å². The number of nitrogens with zero attached hydrogens (tertiary/aromatic N) is 1. The molecule has 3 rings (SSSR count). The number of carbonyl (C=O) groups excluding carboxylic acids is 2. The molecule has 1 aliphatic heterocycles. The van der Waals surface area contributed by atoms with Crippen LogP contribution in [0.2, 0.25) is 0 Å². The fourth-order valence-corrected chi connectivity index (χ4v) is 4.50. The predicted molar refractivity (Wildman–Crippen MR) is 117 cm³/mol. The van der Waals surface area contributed by atoms with Crippen molar-refractivity contribution in [3.63, 3.8) is 0 Å². The highest BCUT2D eigenvalue weighted by Crippen LogP contribution is 2.34. The van der Waals surface area contributed by atoms with Gasteiger partial charge in [0.1, 0.15) is 18.4 Å². The average molecular weight is 481 g/mol. The molecule has 0 radical (unpaired) electrons. The minimum atomic E-state index is -0.239. The van der Waals surface area contributed by atoms with Gasteiger partial charge in [-0.3, -0.25) is 9.59 Å². The molecule has 1 saturated carbocycles. The van der Waals surface area contributed by atoms with E-state index in [1.165, 1.54) is 0 Å². The Kier molecular flexibility index (Phi) is 8.16. The number of halogens is 1. The fourth-order valence-electron chi connectivity index (χ4n) is 3.94. The van der Waals surface area contributed by atoms with Crippen LogP contribution in [0.1, 0.15) is 37.7 Å². The van der Waals surface area contributed by atoms with Gasteiger partial charge in [-0.25, -0.2) is 0 Å². The molecule has 8 heteroatoms. The minimum absolute atomic E-state index is 0.0417. The first-order chi connectivity index (χ1) is 14.5. The van der Waals surface area contributed by atoms with E-state index in [-0.39, 0.29) is 36.3 Å². The van der Waals surface area contributed by atoms with Crippen LogP contribution >= 0.6 is 15.9 Å². The third-order valence-corrected chi connectivity index (χ3v) is 6.07. The number of rotatable bonds is 8. The van der Waals surface area contributed by atoms with Gasteiger partial charge < -0.3 is 24.4 Å². The van der Waals surface area contributed by atoms with Crippen LogP contribution in [0.5, 0.6) is 5.75 Å². The van der Waals surface area contributed by atoms with Crippen LogP contribution in [-0.2, 0) is 19.1 Å². The number of hydrogen-bond acceptors (Lipinski definition) is 5. The molecule has 1 aliphatic carbocycles. The second-order valence-corrected chi connectivity index (χ2v) is 8.39. The number of amides is 2. The molecule has 0 spiro atoms. The van der Waals surface area contributed by atoms with Gasteiger partial charge in [0, 0.05) is 20.3 Å². The van der Waals surface area contributed by atoms with Crippen LogP contribution in [0.25, 0.3) is 6.08 Å².